The summed E-state index contributed by atoms with van der Waals surface area (Å²) in [6.07, 6.45) is 1.55. The number of rotatable bonds is 6. The van der Waals surface area contributed by atoms with E-state index >= 15 is 0 Å². The smallest absolute Gasteiger partial charge is 0.317 e. The van der Waals surface area contributed by atoms with Crippen molar-refractivity contribution in [1.29, 1.82) is 0 Å². The molecule has 0 saturated carbocycles. The lowest BCUT2D eigenvalue weighted by atomic mass is 10.2. The molecule has 90 valence electrons. The molecule has 0 aliphatic rings. The minimum atomic E-state index is -0.0332. The third-order valence-electron chi connectivity index (χ3n) is 2.15. The summed E-state index contributed by atoms with van der Waals surface area (Å²) in [4.78, 5) is 13.3. The molecule has 1 atom stereocenters. The molecule has 1 unspecified atom stereocenters. The molecule has 0 fully saturated rings. The van der Waals surface area contributed by atoms with E-state index in [0.717, 1.165) is 19.4 Å². The van der Waals surface area contributed by atoms with Crippen molar-refractivity contribution in [1.82, 2.24) is 10.2 Å². The highest BCUT2D eigenvalue weighted by Crippen LogP contribution is 1.99. The van der Waals surface area contributed by atoms with E-state index < -0.39 is 0 Å². The first-order chi connectivity index (χ1) is 6.97. The van der Waals surface area contributed by atoms with Gasteiger partial charge in [0.2, 0.25) is 0 Å². The van der Waals surface area contributed by atoms with Crippen LogP contribution < -0.4 is 5.32 Å². The van der Waals surface area contributed by atoms with E-state index in [9.17, 15) is 4.79 Å². The van der Waals surface area contributed by atoms with Crippen LogP contribution in [0.4, 0.5) is 4.79 Å². The largest absolute Gasteiger partial charge is 0.396 e. The van der Waals surface area contributed by atoms with Crippen molar-refractivity contribution < 1.29 is 9.90 Å². The first-order valence-electron chi connectivity index (χ1n) is 5.59. The third kappa shape index (κ3) is 7.19. The maximum absolute atomic E-state index is 11.6. The molecule has 0 saturated heterocycles. The van der Waals surface area contributed by atoms with Crippen molar-refractivity contribution in [3.05, 3.63) is 0 Å². The lowest BCUT2D eigenvalue weighted by Gasteiger charge is -2.22. The molecule has 0 aromatic carbocycles. The zero-order valence-electron chi connectivity index (χ0n) is 10.3. The Hall–Kier alpha value is -0.770. The van der Waals surface area contributed by atoms with Gasteiger partial charge in [-0.05, 0) is 25.7 Å². The number of hydrogen-bond donors (Lipinski definition) is 2. The standard InChI is InChI=1S/C11H24N2O2/c1-9(2)8-13(4)11(15)12-10(3)6-5-7-14/h9-10,14H,5-8H2,1-4H3,(H,12,15). The average Bonchev–Trinajstić information content (AvgIpc) is 2.13. The van der Waals surface area contributed by atoms with Crippen molar-refractivity contribution >= 4 is 6.03 Å². The fourth-order valence-corrected chi connectivity index (χ4v) is 1.42. The Morgan fingerprint density at radius 2 is 2.00 bits per heavy atom. The minimum Gasteiger partial charge on any atom is -0.396 e. The Labute approximate surface area is 92.7 Å². The summed E-state index contributed by atoms with van der Waals surface area (Å²) in [6.45, 7) is 7.06. The number of amides is 2. The van der Waals surface area contributed by atoms with Crippen molar-refractivity contribution in [2.75, 3.05) is 20.2 Å². The summed E-state index contributed by atoms with van der Waals surface area (Å²) < 4.78 is 0. The molecular weight excluding hydrogens is 192 g/mol. The van der Waals surface area contributed by atoms with Gasteiger partial charge in [0.1, 0.15) is 0 Å². The monoisotopic (exact) mass is 216 g/mol. The Bertz CT molecular complexity index is 183. The van der Waals surface area contributed by atoms with Crippen molar-refractivity contribution in [2.45, 2.75) is 39.7 Å². The summed E-state index contributed by atoms with van der Waals surface area (Å²) in [5.74, 6) is 0.480. The number of nitrogens with zero attached hydrogens (tertiary/aromatic N) is 1. The third-order valence-corrected chi connectivity index (χ3v) is 2.15. The van der Waals surface area contributed by atoms with E-state index in [1.807, 2.05) is 6.92 Å². The molecule has 0 radical (unpaired) electrons. The van der Waals surface area contributed by atoms with Crippen LogP contribution >= 0.6 is 0 Å². The van der Waals surface area contributed by atoms with Crippen molar-refractivity contribution in [3.63, 3.8) is 0 Å². The summed E-state index contributed by atoms with van der Waals surface area (Å²) in [5, 5.41) is 11.5. The van der Waals surface area contributed by atoms with Gasteiger partial charge in [-0.1, -0.05) is 13.8 Å². The summed E-state index contributed by atoms with van der Waals surface area (Å²) in [6, 6.07) is 0.0911. The van der Waals surface area contributed by atoms with Crippen molar-refractivity contribution in [3.8, 4) is 0 Å². The molecule has 0 aliphatic carbocycles. The van der Waals surface area contributed by atoms with Gasteiger partial charge in [0.25, 0.3) is 0 Å². The maximum Gasteiger partial charge on any atom is 0.317 e. The van der Waals surface area contributed by atoms with Crippen LogP contribution in [0.1, 0.15) is 33.6 Å². The second-order valence-electron chi connectivity index (χ2n) is 4.49. The van der Waals surface area contributed by atoms with E-state index in [-0.39, 0.29) is 18.7 Å². The summed E-state index contributed by atoms with van der Waals surface area (Å²) >= 11 is 0. The highest BCUT2D eigenvalue weighted by Gasteiger charge is 2.12. The van der Waals surface area contributed by atoms with Gasteiger partial charge in [0, 0.05) is 26.2 Å². The van der Waals surface area contributed by atoms with Gasteiger partial charge < -0.3 is 15.3 Å². The zero-order valence-corrected chi connectivity index (χ0v) is 10.3. The molecule has 2 amide bonds. The highest BCUT2D eigenvalue weighted by atomic mass is 16.3. The van der Waals surface area contributed by atoms with Gasteiger partial charge in [0.05, 0.1) is 0 Å². The van der Waals surface area contributed by atoms with Crippen LogP contribution in [-0.4, -0.2) is 42.3 Å². The SMILES string of the molecule is CC(C)CN(C)C(=O)NC(C)CCCO. The molecule has 4 nitrogen and oxygen atoms in total. The van der Waals surface area contributed by atoms with Crippen LogP contribution in [0.2, 0.25) is 0 Å². The van der Waals surface area contributed by atoms with E-state index in [2.05, 4.69) is 19.2 Å². The summed E-state index contributed by atoms with van der Waals surface area (Å²) in [5.41, 5.74) is 0. The zero-order chi connectivity index (χ0) is 11.8. The van der Waals surface area contributed by atoms with Crippen LogP contribution in [0, 0.1) is 5.92 Å². The molecule has 0 spiro atoms. The number of carbonyl (C=O) groups excluding carboxylic acids is 1. The molecule has 0 rings (SSSR count). The normalized spacial score (nSPS) is 12.7. The minimum absolute atomic E-state index is 0.0332. The van der Waals surface area contributed by atoms with Gasteiger partial charge >= 0.3 is 6.03 Å². The molecule has 0 aromatic heterocycles. The fraction of sp³-hybridized carbons (Fsp3) is 0.909. The molecule has 15 heavy (non-hydrogen) atoms. The van der Waals surface area contributed by atoms with Gasteiger partial charge in [0.15, 0.2) is 0 Å². The Morgan fingerprint density at radius 1 is 1.40 bits per heavy atom. The Balaban J connectivity index is 3.80. The Morgan fingerprint density at radius 3 is 2.47 bits per heavy atom. The molecule has 2 N–H and O–H groups in total. The molecule has 0 bridgehead atoms. The Kier molecular flexibility index (Phi) is 7.13. The number of hydrogen-bond acceptors (Lipinski definition) is 2. The van der Waals surface area contributed by atoms with Gasteiger partial charge in [-0.25, -0.2) is 4.79 Å². The molecule has 0 aromatic rings. The molecule has 0 aliphatic heterocycles. The van der Waals surface area contributed by atoms with Gasteiger partial charge in [-0.3, -0.25) is 0 Å². The van der Waals surface area contributed by atoms with E-state index in [1.165, 1.54) is 0 Å². The molecule has 0 heterocycles. The van der Waals surface area contributed by atoms with E-state index in [4.69, 9.17) is 5.11 Å². The summed E-state index contributed by atoms with van der Waals surface area (Å²) in [7, 11) is 1.80. The van der Waals surface area contributed by atoms with E-state index in [0.29, 0.717) is 5.92 Å². The number of aliphatic hydroxyl groups is 1. The predicted octanol–water partition coefficient (Wildman–Crippen LogP) is 1.44. The number of aliphatic hydroxyl groups excluding tert-OH is 1. The molecular formula is C11H24N2O2. The second-order valence-corrected chi connectivity index (χ2v) is 4.49. The van der Waals surface area contributed by atoms with Crippen LogP contribution in [0.15, 0.2) is 0 Å². The average molecular weight is 216 g/mol. The number of nitrogens with one attached hydrogen (secondary N) is 1. The van der Waals surface area contributed by atoms with Gasteiger partial charge in [-0.2, -0.15) is 0 Å². The van der Waals surface area contributed by atoms with Crippen LogP contribution in [0.25, 0.3) is 0 Å². The van der Waals surface area contributed by atoms with Crippen LogP contribution in [-0.2, 0) is 0 Å². The molecule has 4 heteroatoms. The fourth-order valence-electron chi connectivity index (χ4n) is 1.42. The first-order valence-corrected chi connectivity index (χ1v) is 5.59. The lowest BCUT2D eigenvalue weighted by molar-refractivity contribution is 0.198. The predicted molar refractivity (Wildman–Crippen MR) is 61.8 cm³/mol. The number of urea groups is 1. The van der Waals surface area contributed by atoms with Gasteiger partial charge in [-0.15, -0.1) is 0 Å². The highest BCUT2D eigenvalue weighted by molar-refractivity contribution is 5.74. The number of carbonyl (C=O) groups is 1. The lowest BCUT2D eigenvalue weighted by Crippen LogP contribution is -2.43. The topological polar surface area (TPSA) is 52.6 Å². The van der Waals surface area contributed by atoms with Crippen LogP contribution in [0.3, 0.4) is 0 Å². The quantitative estimate of drug-likeness (QED) is 0.706. The first kappa shape index (κ1) is 14.2. The van der Waals surface area contributed by atoms with Crippen LogP contribution in [0.5, 0.6) is 0 Å². The maximum atomic E-state index is 11.6. The van der Waals surface area contributed by atoms with E-state index in [1.54, 1.807) is 11.9 Å². The second kappa shape index (κ2) is 7.51. The van der Waals surface area contributed by atoms with Crippen molar-refractivity contribution in [2.24, 2.45) is 5.92 Å².